The molecule has 0 fully saturated rings. The van der Waals surface area contributed by atoms with Gasteiger partial charge in [0.2, 0.25) is 0 Å². The predicted molar refractivity (Wildman–Crippen MR) is 146 cm³/mol. The lowest BCUT2D eigenvalue weighted by Gasteiger charge is -2.27. The summed E-state index contributed by atoms with van der Waals surface area (Å²) >= 11 is 0. The van der Waals surface area contributed by atoms with E-state index < -0.39 is 28.9 Å². The summed E-state index contributed by atoms with van der Waals surface area (Å²) < 4.78 is 21.1. The van der Waals surface area contributed by atoms with Crippen LogP contribution in [-0.2, 0) is 22.3 Å². The van der Waals surface area contributed by atoms with Crippen LogP contribution in [0.25, 0.3) is 0 Å². The van der Waals surface area contributed by atoms with Crippen molar-refractivity contribution in [2.24, 2.45) is 11.6 Å². The molecule has 4 rings (SSSR count). The number of para-hydroxylation sites is 1. The summed E-state index contributed by atoms with van der Waals surface area (Å²) in [5.41, 5.74) is 17.8. The van der Waals surface area contributed by atoms with Crippen molar-refractivity contribution in [1.82, 2.24) is 4.31 Å². The normalized spacial score (nSPS) is 17.3. The van der Waals surface area contributed by atoms with Crippen molar-refractivity contribution in [3.05, 3.63) is 82.4 Å². The summed E-state index contributed by atoms with van der Waals surface area (Å²) in [4.78, 5) is 12.7. The summed E-state index contributed by atoms with van der Waals surface area (Å²) in [6.07, 6.45) is 0. The number of ether oxygens (including phenoxy) is 1. The number of aryl methyl sites for hydroxylation is 1. The second kappa shape index (κ2) is 10.9. The lowest BCUT2D eigenvalue weighted by molar-refractivity contribution is -0.138. The summed E-state index contributed by atoms with van der Waals surface area (Å²) in [6, 6.07) is 15.5. The van der Waals surface area contributed by atoms with Crippen LogP contribution >= 0.6 is 0 Å². The molecule has 3 atom stereocenters. The number of rotatable bonds is 7. The van der Waals surface area contributed by atoms with E-state index in [0.29, 0.717) is 47.3 Å². The average Bonchev–Trinajstić information content (AvgIpc) is 3.02. The fourth-order valence-electron chi connectivity index (χ4n) is 4.67. The maximum Gasteiger partial charge on any atom is 0.321 e. The molecular formula is C27H33N5O4S. The Morgan fingerprint density at radius 2 is 1.92 bits per heavy atom. The Bertz CT molecular complexity index is 1350. The molecule has 0 aromatic heterocycles. The third-order valence-corrected chi connectivity index (χ3v) is 8.34. The average molecular weight is 524 g/mol. The predicted octanol–water partition coefficient (Wildman–Crippen LogP) is 2.66. The molecule has 196 valence electrons. The van der Waals surface area contributed by atoms with Crippen LogP contribution in [0.15, 0.2) is 59.5 Å². The summed E-state index contributed by atoms with van der Waals surface area (Å²) in [6.45, 7) is 5.11. The Hall–Kier alpha value is -3.44. The van der Waals surface area contributed by atoms with E-state index in [4.69, 9.17) is 22.0 Å². The molecule has 7 N–H and O–H groups in total. The van der Waals surface area contributed by atoms with Crippen molar-refractivity contribution in [2.45, 2.75) is 37.2 Å². The third kappa shape index (κ3) is 5.33. The molecule has 37 heavy (non-hydrogen) atoms. The molecule has 3 aromatic carbocycles. The summed E-state index contributed by atoms with van der Waals surface area (Å²) in [5.74, 6) is 4.75. The number of carboxylic acid groups (broad SMARTS) is 1. The van der Waals surface area contributed by atoms with Gasteiger partial charge in [0.05, 0.1) is 16.3 Å². The van der Waals surface area contributed by atoms with Gasteiger partial charge in [0, 0.05) is 26.1 Å². The Balaban J connectivity index is 1.74. The number of nitrogen functional groups attached to an aromatic ring is 1. The first-order chi connectivity index (χ1) is 17.6. The molecule has 3 unspecified atom stereocenters. The van der Waals surface area contributed by atoms with Crippen molar-refractivity contribution in [1.29, 1.82) is 0 Å². The quantitative estimate of drug-likeness (QED) is 0.210. The van der Waals surface area contributed by atoms with E-state index in [-0.39, 0.29) is 0 Å². The molecule has 0 aliphatic carbocycles. The zero-order valence-electron chi connectivity index (χ0n) is 21.2. The molecule has 10 heteroatoms. The van der Waals surface area contributed by atoms with Crippen LogP contribution in [0, 0.1) is 13.8 Å². The minimum absolute atomic E-state index is 0.400. The van der Waals surface area contributed by atoms with Gasteiger partial charge in [-0.3, -0.25) is 4.79 Å². The van der Waals surface area contributed by atoms with Gasteiger partial charge in [-0.2, -0.15) is 0 Å². The summed E-state index contributed by atoms with van der Waals surface area (Å²) in [7, 11) is 0.282. The van der Waals surface area contributed by atoms with Crippen molar-refractivity contribution in [3.63, 3.8) is 0 Å². The molecule has 0 amide bonds. The minimum Gasteiger partial charge on any atom is -0.491 e. The van der Waals surface area contributed by atoms with Crippen molar-refractivity contribution in [2.75, 3.05) is 30.9 Å². The highest BCUT2D eigenvalue weighted by atomic mass is 32.2. The number of hydrogen-bond donors (Lipinski definition) is 4. The molecule has 0 radical (unpaired) electrons. The Labute approximate surface area is 219 Å². The van der Waals surface area contributed by atoms with Gasteiger partial charge >= 0.3 is 5.97 Å². The molecule has 0 saturated heterocycles. The first-order valence-electron chi connectivity index (χ1n) is 11.9. The topological polar surface area (TPSA) is 148 Å². The molecule has 1 heterocycles. The van der Waals surface area contributed by atoms with E-state index in [2.05, 4.69) is 0 Å². The van der Waals surface area contributed by atoms with Gasteiger partial charge in [-0.25, -0.2) is 14.4 Å². The van der Waals surface area contributed by atoms with Crippen molar-refractivity contribution < 1.29 is 18.8 Å². The standard InChI is InChI=1S/C27H33N5O4S/c1-16-8-9-18(14-19(16)15-32-12-13-36-22-6-4-5-7-23(22)37(32)35)24(26(29)27(33)34)20-10-11-21(31(3)30)25(28)17(20)2/h4-11,14,24,26H,12-13,15,28-30H2,1-3H3,(H,33,34). The highest BCUT2D eigenvalue weighted by Gasteiger charge is 2.31. The molecule has 0 spiro atoms. The zero-order valence-corrected chi connectivity index (χ0v) is 22.0. The molecule has 1 aliphatic heterocycles. The van der Waals surface area contributed by atoms with E-state index in [1.807, 2.05) is 66.7 Å². The Morgan fingerprint density at radius 3 is 2.62 bits per heavy atom. The number of fused-ring (bicyclic) bond motifs is 1. The van der Waals surface area contributed by atoms with Crippen molar-refractivity contribution >= 4 is 28.3 Å². The third-order valence-electron chi connectivity index (χ3n) is 6.84. The molecular weight excluding hydrogens is 490 g/mol. The number of hydrogen-bond acceptors (Lipinski definition) is 7. The molecule has 3 aromatic rings. The fourth-order valence-corrected chi connectivity index (χ4v) is 5.94. The van der Waals surface area contributed by atoms with Gasteiger partial charge < -0.3 is 26.3 Å². The van der Waals surface area contributed by atoms with Crippen LogP contribution in [-0.4, -0.2) is 45.8 Å². The van der Waals surface area contributed by atoms with Crippen LogP contribution in [0.3, 0.4) is 0 Å². The first kappa shape index (κ1) is 26.6. The lowest BCUT2D eigenvalue weighted by atomic mass is 9.81. The second-order valence-corrected chi connectivity index (χ2v) is 10.7. The number of carbonyl (C=O) groups is 1. The number of anilines is 2. The number of hydrazine groups is 1. The molecule has 9 nitrogen and oxygen atoms in total. The highest BCUT2D eigenvalue weighted by molar-refractivity contribution is 7.82. The maximum absolute atomic E-state index is 13.4. The number of benzene rings is 3. The van der Waals surface area contributed by atoms with Crippen LogP contribution in [0.2, 0.25) is 0 Å². The van der Waals surface area contributed by atoms with E-state index >= 15 is 0 Å². The van der Waals surface area contributed by atoms with Crippen LogP contribution in [0.4, 0.5) is 11.4 Å². The van der Waals surface area contributed by atoms with Crippen LogP contribution in [0.1, 0.15) is 33.7 Å². The monoisotopic (exact) mass is 523 g/mol. The smallest absolute Gasteiger partial charge is 0.321 e. The SMILES string of the molecule is Cc1ccc(C(c2ccc(N(C)N)c(N)c2C)C(N)C(=O)O)cc1CN1CCOc2ccccc2S1=O. The first-order valence-corrected chi connectivity index (χ1v) is 13.0. The van der Waals surface area contributed by atoms with Gasteiger partial charge in [-0.15, -0.1) is 0 Å². The molecule has 0 bridgehead atoms. The van der Waals surface area contributed by atoms with Gasteiger partial charge in [-0.05, 0) is 59.9 Å². The van der Waals surface area contributed by atoms with Crippen LogP contribution < -0.4 is 27.1 Å². The molecule has 1 aliphatic rings. The van der Waals surface area contributed by atoms with Gasteiger partial charge in [0.15, 0.2) is 0 Å². The van der Waals surface area contributed by atoms with E-state index in [1.54, 1.807) is 13.1 Å². The van der Waals surface area contributed by atoms with Crippen LogP contribution in [0.5, 0.6) is 5.75 Å². The largest absolute Gasteiger partial charge is 0.491 e. The zero-order chi connectivity index (χ0) is 26.9. The highest BCUT2D eigenvalue weighted by Crippen LogP contribution is 2.37. The minimum atomic E-state index is -1.41. The lowest BCUT2D eigenvalue weighted by Crippen LogP contribution is -2.38. The van der Waals surface area contributed by atoms with Gasteiger partial charge in [-0.1, -0.05) is 36.4 Å². The maximum atomic E-state index is 13.4. The van der Waals surface area contributed by atoms with Gasteiger partial charge in [0.1, 0.15) is 29.4 Å². The van der Waals surface area contributed by atoms with E-state index in [0.717, 1.165) is 22.3 Å². The number of nitrogens with zero attached hydrogens (tertiary/aromatic N) is 2. The fraction of sp³-hybridized carbons (Fsp3) is 0.296. The van der Waals surface area contributed by atoms with E-state index in [1.165, 1.54) is 5.01 Å². The number of aliphatic carboxylic acids is 1. The van der Waals surface area contributed by atoms with Gasteiger partial charge in [0.25, 0.3) is 0 Å². The van der Waals surface area contributed by atoms with E-state index in [9.17, 15) is 14.1 Å². The number of nitrogens with two attached hydrogens (primary N) is 3. The Kier molecular flexibility index (Phi) is 7.84. The molecule has 0 saturated carbocycles. The second-order valence-electron chi connectivity index (χ2n) is 9.26. The van der Waals surface area contributed by atoms with Crippen molar-refractivity contribution in [3.8, 4) is 5.75 Å². The summed E-state index contributed by atoms with van der Waals surface area (Å²) in [5, 5.41) is 11.3. The Morgan fingerprint density at radius 1 is 1.19 bits per heavy atom. The number of carboxylic acids is 1.